The molecule has 0 fully saturated rings. The Morgan fingerprint density at radius 1 is 0.686 bits per heavy atom. The average molecular weight is 701 g/mol. The second kappa shape index (κ2) is 19.9. The summed E-state index contributed by atoms with van der Waals surface area (Å²) in [6.45, 7) is 5.56. The van der Waals surface area contributed by atoms with E-state index in [-0.39, 0.29) is 25.2 Å². The number of rotatable bonds is 20. The van der Waals surface area contributed by atoms with Gasteiger partial charge in [0.1, 0.15) is 23.7 Å². The van der Waals surface area contributed by atoms with Crippen LogP contribution >= 0.6 is 0 Å². The van der Waals surface area contributed by atoms with Crippen molar-refractivity contribution in [1.82, 2.24) is 21.3 Å². The molecule has 12 heteroatoms. The number of hydrogen-bond donors (Lipinski definition) is 7. The second-order valence-electron chi connectivity index (χ2n) is 12.8. The van der Waals surface area contributed by atoms with Gasteiger partial charge in [-0.15, -0.1) is 0 Å². The molecule has 0 bridgehead atoms. The monoisotopic (exact) mass is 700 g/mol. The summed E-state index contributed by atoms with van der Waals surface area (Å²) in [6, 6.07) is 24.1. The number of nitrogens with two attached hydrogens (primary N) is 2. The maximum Gasteiger partial charge on any atom is 0.326 e. The van der Waals surface area contributed by atoms with Crippen molar-refractivity contribution in [3.8, 4) is 0 Å². The number of carbonyl (C=O) groups excluding carboxylic acids is 4. The van der Waals surface area contributed by atoms with Gasteiger partial charge in [0.05, 0.1) is 6.04 Å². The van der Waals surface area contributed by atoms with Crippen molar-refractivity contribution in [2.45, 2.75) is 89.0 Å². The van der Waals surface area contributed by atoms with Gasteiger partial charge >= 0.3 is 5.97 Å². The molecule has 0 aliphatic rings. The van der Waals surface area contributed by atoms with Crippen molar-refractivity contribution in [2.24, 2.45) is 17.4 Å². The van der Waals surface area contributed by atoms with Crippen LogP contribution in [0.2, 0.25) is 0 Å². The molecule has 0 heterocycles. The van der Waals surface area contributed by atoms with Gasteiger partial charge in [-0.25, -0.2) is 4.79 Å². The van der Waals surface area contributed by atoms with Gasteiger partial charge in [-0.2, -0.15) is 0 Å². The Morgan fingerprint density at radius 3 is 1.63 bits per heavy atom. The van der Waals surface area contributed by atoms with Crippen LogP contribution in [-0.2, 0) is 29.5 Å². The molecule has 274 valence electrons. The molecule has 9 N–H and O–H groups in total. The minimum Gasteiger partial charge on any atom is -0.480 e. The van der Waals surface area contributed by atoms with Crippen LogP contribution in [0.3, 0.4) is 0 Å². The van der Waals surface area contributed by atoms with Gasteiger partial charge in [0.15, 0.2) is 0 Å². The van der Waals surface area contributed by atoms with Crippen LogP contribution in [0, 0.1) is 5.92 Å². The molecule has 4 amide bonds. The van der Waals surface area contributed by atoms with E-state index in [1.807, 2.05) is 105 Å². The van der Waals surface area contributed by atoms with Gasteiger partial charge in [-0.3, -0.25) is 19.2 Å². The highest BCUT2D eigenvalue weighted by Crippen LogP contribution is 2.37. The summed E-state index contributed by atoms with van der Waals surface area (Å²) >= 11 is 0. The lowest BCUT2D eigenvalue weighted by molar-refractivity contribution is -0.142. The smallest absolute Gasteiger partial charge is 0.326 e. The fraction of sp³-hybridized carbons (Fsp3) is 0.410. The SMILES string of the molecule is CC[C@H](C)[C@H](N)C(=O)N[C@@H](C)C(=O)N[C@@H](CCC(=O)NC(c1ccccc1)(c1ccccc1)c1ccccc1)C(=O)N[C@@H](CCCCN)C(=O)O. The third-order valence-corrected chi connectivity index (χ3v) is 9.11. The Kier molecular flexibility index (Phi) is 15.8. The Morgan fingerprint density at radius 2 is 1.18 bits per heavy atom. The molecule has 0 aromatic heterocycles. The first-order chi connectivity index (χ1) is 24.4. The number of carbonyl (C=O) groups is 5. The molecular formula is C39H52N6O6. The number of unbranched alkanes of at least 4 members (excludes halogenated alkanes) is 1. The lowest BCUT2D eigenvalue weighted by Gasteiger charge is -2.37. The molecule has 0 aliphatic carbocycles. The summed E-state index contributed by atoms with van der Waals surface area (Å²) in [5, 5.41) is 20.8. The summed E-state index contributed by atoms with van der Waals surface area (Å²) < 4.78 is 0. The third kappa shape index (κ3) is 11.2. The Labute approximate surface area is 300 Å². The molecular weight excluding hydrogens is 648 g/mol. The van der Waals surface area contributed by atoms with E-state index in [0.29, 0.717) is 25.8 Å². The van der Waals surface area contributed by atoms with Crippen LogP contribution in [0.25, 0.3) is 0 Å². The minimum absolute atomic E-state index is 0.126. The number of amides is 4. The van der Waals surface area contributed by atoms with Crippen molar-refractivity contribution in [3.63, 3.8) is 0 Å². The molecule has 0 aliphatic heterocycles. The van der Waals surface area contributed by atoms with Gasteiger partial charge in [-0.1, -0.05) is 111 Å². The van der Waals surface area contributed by atoms with Crippen LogP contribution in [0.15, 0.2) is 91.0 Å². The number of benzene rings is 3. The first-order valence-electron chi connectivity index (χ1n) is 17.5. The fourth-order valence-corrected chi connectivity index (χ4v) is 5.80. The van der Waals surface area contributed by atoms with E-state index < -0.39 is 59.3 Å². The fourth-order valence-electron chi connectivity index (χ4n) is 5.80. The molecule has 0 saturated carbocycles. The van der Waals surface area contributed by atoms with Crippen LogP contribution in [0.1, 0.15) is 76.0 Å². The number of carboxylic acids is 1. The van der Waals surface area contributed by atoms with Crippen molar-refractivity contribution >= 4 is 29.6 Å². The predicted octanol–water partition coefficient (Wildman–Crippen LogP) is 2.94. The van der Waals surface area contributed by atoms with Gasteiger partial charge in [-0.05, 0) is 61.8 Å². The van der Waals surface area contributed by atoms with E-state index in [4.69, 9.17) is 11.5 Å². The molecule has 0 spiro atoms. The molecule has 0 radical (unpaired) electrons. The molecule has 51 heavy (non-hydrogen) atoms. The van der Waals surface area contributed by atoms with Crippen molar-refractivity contribution in [2.75, 3.05) is 6.54 Å². The van der Waals surface area contributed by atoms with Crippen LogP contribution in [-0.4, -0.2) is 65.4 Å². The Bertz CT molecular complexity index is 1480. The molecule has 3 aromatic carbocycles. The van der Waals surface area contributed by atoms with E-state index in [9.17, 15) is 29.1 Å². The lowest BCUT2D eigenvalue weighted by Crippen LogP contribution is -2.57. The summed E-state index contributed by atoms with van der Waals surface area (Å²) in [6.07, 6.45) is 1.45. The van der Waals surface area contributed by atoms with Crippen molar-refractivity contribution in [1.29, 1.82) is 0 Å². The van der Waals surface area contributed by atoms with E-state index in [1.54, 1.807) is 0 Å². The average Bonchev–Trinajstić information content (AvgIpc) is 3.15. The van der Waals surface area contributed by atoms with E-state index in [2.05, 4.69) is 21.3 Å². The van der Waals surface area contributed by atoms with Crippen LogP contribution in [0.4, 0.5) is 0 Å². The van der Waals surface area contributed by atoms with E-state index >= 15 is 0 Å². The molecule has 0 saturated heterocycles. The standard InChI is InChI=1S/C39H52N6O6/c1-4-26(2)34(41)37(49)42-27(3)35(47)43-31(36(48)44-32(38(50)51)22-14-15-25-40)23-24-33(46)45-39(28-16-8-5-9-17-28,29-18-10-6-11-19-29)30-20-12-7-13-21-30/h5-13,16-21,26-27,31-32,34H,4,14-15,22-25,40-41H2,1-3H3,(H,42,49)(H,43,47)(H,44,48)(H,45,46)(H,50,51)/t26-,27-,31-,32-,34-/m0/s1. The normalized spacial score (nSPS) is 14.2. The molecule has 3 aromatic rings. The van der Waals surface area contributed by atoms with Gasteiger partial charge in [0, 0.05) is 6.42 Å². The Hall–Kier alpha value is -5.07. The van der Waals surface area contributed by atoms with Crippen LogP contribution < -0.4 is 32.7 Å². The Balaban J connectivity index is 1.90. The molecule has 3 rings (SSSR count). The number of aliphatic carboxylic acids is 1. The molecule has 5 atom stereocenters. The first kappa shape index (κ1) is 40.4. The molecule has 0 unspecified atom stereocenters. The minimum atomic E-state index is -1.30. The van der Waals surface area contributed by atoms with E-state index in [0.717, 1.165) is 16.7 Å². The van der Waals surface area contributed by atoms with Gasteiger partial charge < -0.3 is 37.8 Å². The second-order valence-corrected chi connectivity index (χ2v) is 12.8. The maximum atomic E-state index is 14.0. The highest BCUT2D eigenvalue weighted by atomic mass is 16.4. The van der Waals surface area contributed by atoms with Crippen molar-refractivity contribution in [3.05, 3.63) is 108 Å². The van der Waals surface area contributed by atoms with E-state index in [1.165, 1.54) is 6.92 Å². The van der Waals surface area contributed by atoms with Gasteiger partial charge in [0.25, 0.3) is 0 Å². The maximum absolute atomic E-state index is 14.0. The quantitative estimate of drug-likeness (QED) is 0.0688. The lowest BCUT2D eigenvalue weighted by atomic mass is 9.77. The van der Waals surface area contributed by atoms with Crippen molar-refractivity contribution < 1.29 is 29.1 Å². The zero-order valence-electron chi connectivity index (χ0n) is 29.6. The topological polar surface area (TPSA) is 206 Å². The predicted molar refractivity (Wildman–Crippen MR) is 196 cm³/mol. The number of nitrogens with one attached hydrogen (secondary N) is 4. The number of carboxylic acid groups (broad SMARTS) is 1. The number of hydrogen-bond acceptors (Lipinski definition) is 7. The van der Waals surface area contributed by atoms with Crippen LogP contribution in [0.5, 0.6) is 0 Å². The summed E-state index contributed by atoms with van der Waals surface area (Å²) in [4.78, 5) is 65.7. The third-order valence-electron chi connectivity index (χ3n) is 9.11. The summed E-state index contributed by atoms with van der Waals surface area (Å²) in [5.41, 5.74) is 12.9. The zero-order chi connectivity index (χ0) is 37.4. The van der Waals surface area contributed by atoms with Gasteiger partial charge in [0.2, 0.25) is 23.6 Å². The largest absolute Gasteiger partial charge is 0.480 e. The highest BCUT2D eigenvalue weighted by molar-refractivity contribution is 5.94. The summed E-state index contributed by atoms with van der Waals surface area (Å²) in [5.74, 6) is -3.76. The molecule has 12 nitrogen and oxygen atoms in total. The summed E-state index contributed by atoms with van der Waals surface area (Å²) in [7, 11) is 0. The highest BCUT2D eigenvalue weighted by Gasteiger charge is 2.38. The zero-order valence-corrected chi connectivity index (χ0v) is 29.6. The first-order valence-corrected chi connectivity index (χ1v) is 17.5.